The van der Waals surface area contributed by atoms with Gasteiger partial charge in [0.2, 0.25) is 0 Å². The number of hydrogen-bond acceptors (Lipinski definition) is 4. The largest absolute Gasteiger partial charge is 0.478 e. The fraction of sp³-hybridized carbons (Fsp3) is 0. The second-order valence-electron chi connectivity index (χ2n) is 4.19. The monoisotopic (exact) mass is 320 g/mol. The maximum Gasteiger partial charge on any atom is 0.345 e. The van der Waals surface area contributed by atoms with E-state index in [9.17, 15) is 14.4 Å². The maximum atomic E-state index is 12.0. The van der Waals surface area contributed by atoms with E-state index in [1.54, 1.807) is 12.1 Å². The molecule has 2 aromatic rings. The molecule has 0 saturated heterocycles. The van der Waals surface area contributed by atoms with Gasteiger partial charge in [-0.05, 0) is 30.3 Å². The van der Waals surface area contributed by atoms with Gasteiger partial charge in [0.05, 0.1) is 21.7 Å². The van der Waals surface area contributed by atoms with Crippen molar-refractivity contribution in [2.45, 2.75) is 0 Å². The zero-order valence-corrected chi connectivity index (χ0v) is 11.7. The first kappa shape index (κ1) is 15.5. The number of esters is 1. The Hall–Kier alpha value is -2.86. The van der Waals surface area contributed by atoms with Crippen LogP contribution in [0.2, 0.25) is 5.02 Å². The van der Waals surface area contributed by atoms with E-state index < -0.39 is 29.0 Å². The summed E-state index contributed by atoms with van der Waals surface area (Å²) in [7, 11) is 0. The predicted molar refractivity (Wildman–Crippen MR) is 76.8 cm³/mol. The molecule has 2 N–H and O–H groups in total. The van der Waals surface area contributed by atoms with E-state index in [1.807, 2.05) is 0 Å². The van der Waals surface area contributed by atoms with Crippen LogP contribution in [-0.2, 0) is 0 Å². The molecule has 2 rings (SSSR count). The molecule has 7 heteroatoms. The Morgan fingerprint density at radius 3 is 2.09 bits per heavy atom. The number of ether oxygens (including phenoxy) is 1. The summed E-state index contributed by atoms with van der Waals surface area (Å²) in [4.78, 5) is 34.0. The highest BCUT2D eigenvalue weighted by Gasteiger charge is 2.19. The quantitative estimate of drug-likeness (QED) is 0.663. The Bertz CT molecular complexity index is 768. The van der Waals surface area contributed by atoms with Gasteiger partial charge in [0.25, 0.3) is 0 Å². The zero-order chi connectivity index (χ0) is 16.3. The summed E-state index contributed by atoms with van der Waals surface area (Å²) < 4.78 is 5.03. The van der Waals surface area contributed by atoms with Crippen molar-refractivity contribution in [1.29, 1.82) is 0 Å². The fourth-order valence-corrected chi connectivity index (χ4v) is 1.95. The first-order chi connectivity index (χ1) is 10.4. The van der Waals surface area contributed by atoms with E-state index in [1.165, 1.54) is 18.2 Å². The van der Waals surface area contributed by atoms with Crippen LogP contribution in [0.15, 0.2) is 42.5 Å². The molecule has 2 aromatic carbocycles. The van der Waals surface area contributed by atoms with Gasteiger partial charge in [-0.25, -0.2) is 14.4 Å². The van der Waals surface area contributed by atoms with Crippen LogP contribution >= 0.6 is 11.6 Å². The normalized spacial score (nSPS) is 10.0. The van der Waals surface area contributed by atoms with E-state index in [0.29, 0.717) is 0 Å². The number of benzene rings is 2. The number of carboxylic acids is 2. The van der Waals surface area contributed by atoms with Crippen molar-refractivity contribution in [3.8, 4) is 5.75 Å². The highest BCUT2D eigenvalue weighted by Crippen LogP contribution is 2.21. The smallest absolute Gasteiger partial charge is 0.345 e. The van der Waals surface area contributed by atoms with E-state index in [4.69, 9.17) is 26.6 Å². The Kier molecular flexibility index (Phi) is 4.43. The molecule has 0 aliphatic carbocycles. The second kappa shape index (κ2) is 6.28. The van der Waals surface area contributed by atoms with Gasteiger partial charge in [-0.3, -0.25) is 0 Å². The number of carbonyl (C=O) groups excluding carboxylic acids is 1. The molecular weight excluding hydrogens is 312 g/mol. The topological polar surface area (TPSA) is 101 Å². The molecule has 0 fully saturated rings. The van der Waals surface area contributed by atoms with Crippen LogP contribution in [0.25, 0.3) is 0 Å². The summed E-state index contributed by atoms with van der Waals surface area (Å²) in [5, 5.41) is 18.1. The average Bonchev–Trinajstić information content (AvgIpc) is 2.47. The summed E-state index contributed by atoms with van der Waals surface area (Å²) in [5.41, 5.74) is -0.759. The van der Waals surface area contributed by atoms with E-state index >= 15 is 0 Å². The Morgan fingerprint density at radius 1 is 0.864 bits per heavy atom. The Morgan fingerprint density at radius 2 is 1.50 bits per heavy atom. The first-order valence-electron chi connectivity index (χ1n) is 5.97. The summed E-state index contributed by atoms with van der Waals surface area (Å²) in [6.45, 7) is 0. The van der Waals surface area contributed by atoms with Crippen molar-refractivity contribution in [3.05, 3.63) is 64.2 Å². The lowest BCUT2D eigenvalue weighted by Crippen LogP contribution is -2.12. The number of hydrogen-bond donors (Lipinski definition) is 2. The van der Waals surface area contributed by atoms with Gasteiger partial charge >= 0.3 is 17.9 Å². The molecule has 0 radical (unpaired) electrons. The van der Waals surface area contributed by atoms with Crippen molar-refractivity contribution >= 4 is 29.5 Å². The molecule has 0 aliphatic heterocycles. The first-order valence-corrected chi connectivity index (χ1v) is 6.35. The maximum absolute atomic E-state index is 12.0. The Labute approximate surface area is 129 Å². The predicted octanol–water partition coefficient (Wildman–Crippen LogP) is 2.96. The third kappa shape index (κ3) is 3.24. The van der Waals surface area contributed by atoms with Crippen LogP contribution in [0.1, 0.15) is 31.1 Å². The summed E-state index contributed by atoms with van der Waals surface area (Å²) in [6.07, 6.45) is 0. The van der Waals surface area contributed by atoms with Gasteiger partial charge in [0.15, 0.2) is 0 Å². The molecule has 0 atom stereocenters. The van der Waals surface area contributed by atoms with Crippen molar-refractivity contribution < 1.29 is 29.3 Å². The summed E-state index contributed by atoms with van der Waals surface area (Å²) in [5.74, 6) is -3.69. The molecule has 0 unspecified atom stereocenters. The van der Waals surface area contributed by atoms with Crippen LogP contribution in [0.5, 0.6) is 5.75 Å². The highest BCUT2D eigenvalue weighted by molar-refractivity contribution is 6.33. The van der Waals surface area contributed by atoms with Gasteiger partial charge in [-0.1, -0.05) is 23.7 Å². The van der Waals surface area contributed by atoms with Gasteiger partial charge in [0, 0.05) is 0 Å². The van der Waals surface area contributed by atoms with Crippen LogP contribution in [0.4, 0.5) is 0 Å². The lowest BCUT2D eigenvalue weighted by atomic mass is 10.1. The summed E-state index contributed by atoms with van der Waals surface area (Å²) >= 11 is 5.86. The lowest BCUT2D eigenvalue weighted by Gasteiger charge is -2.08. The van der Waals surface area contributed by atoms with Crippen LogP contribution in [0, 0.1) is 0 Å². The standard InChI is InChI=1S/C15H9ClO6/c16-12-4-2-1-3-10(12)15(21)22-8-5-6-9(13(17)18)11(7-8)14(19)20/h1-7H,(H,17,18)(H,19,20). The van der Waals surface area contributed by atoms with Crippen LogP contribution < -0.4 is 4.74 Å². The second-order valence-corrected chi connectivity index (χ2v) is 4.59. The van der Waals surface area contributed by atoms with Gasteiger partial charge < -0.3 is 14.9 Å². The molecule has 6 nitrogen and oxygen atoms in total. The zero-order valence-electron chi connectivity index (χ0n) is 10.9. The molecule has 0 aromatic heterocycles. The minimum Gasteiger partial charge on any atom is -0.478 e. The molecule has 0 heterocycles. The highest BCUT2D eigenvalue weighted by atomic mass is 35.5. The number of halogens is 1. The van der Waals surface area contributed by atoms with Crippen LogP contribution in [0.3, 0.4) is 0 Å². The van der Waals surface area contributed by atoms with Gasteiger partial charge in [-0.15, -0.1) is 0 Å². The molecule has 0 saturated carbocycles. The third-order valence-corrected chi connectivity index (χ3v) is 3.09. The van der Waals surface area contributed by atoms with Crippen molar-refractivity contribution in [2.24, 2.45) is 0 Å². The van der Waals surface area contributed by atoms with Crippen LogP contribution in [-0.4, -0.2) is 28.1 Å². The molecule has 0 bridgehead atoms. The number of carboxylic acid groups (broad SMARTS) is 2. The molecule has 0 spiro atoms. The summed E-state index contributed by atoms with van der Waals surface area (Å²) in [6, 6.07) is 9.43. The molecule has 22 heavy (non-hydrogen) atoms. The van der Waals surface area contributed by atoms with E-state index in [-0.39, 0.29) is 16.3 Å². The number of rotatable bonds is 4. The van der Waals surface area contributed by atoms with Gasteiger partial charge in [-0.2, -0.15) is 0 Å². The van der Waals surface area contributed by atoms with Crippen molar-refractivity contribution in [3.63, 3.8) is 0 Å². The minimum absolute atomic E-state index is 0.0904. The van der Waals surface area contributed by atoms with E-state index in [0.717, 1.165) is 12.1 Å². The van der Waals surface area contributed by atoms with Gasteiger partial charge in [0.1, 0.15) is 5.75 Å². The molecular formula is C15H9ClO6. The van der Waals surface area contributed by atoms with E-state index in [2.05, 4.69) is 0 Å². The minimum atomic E-state index is -1.44. The Balaban J connectivity index is 2.33. The third-order valence-electron chi connectivity index (χ3n) is 2.76. The number of carbonyl (C=O) groups is 3. The lowest BCUT2D eigenvalue weighted by molar-refractivity contribution is 0.0650. The van der Waals surface area contributed by atoms with Crippen molar-refractivity contribution in [1.82, 2.24) is 0 Å². The average molecular weight is 321 g/mol. The molecule has 0 aliphatic rings. The molecule has 0 amide bonds. The molecule has 112 valence electrons. The fourth-order valence-electron chi connectivity index (χ4n) is 1.74. The number of aromatic carboxylic acids is 2. The SMILES string of the molecule is O=C(Oc1ccc(C(=O)O)c(C(=O)O)c1)c1ccccc1Cl. The van der Waals surface area contributed by atoms with Crippen molar-refractivity contribution in [2.75, 3.05) is 0 Å².